The van der Waals surface area contributed by atoms with Crippen molar-refractivity contribution >= 4 is 16.5 Å². The maximum Gasteiger partial charge on any atom is 0.293 e. The molecule has 9 heteroatoms. The average Bonchev–Trinajstić information content (AvgIpc) is 2.77. The fraction of sp³-hybridized carbons (Fsp3) is 0.773. The summed E-state index contributed by atoms with van der Waals surface area (Å²) in [4.78, 5) is 11.7. The Morgan fingerprint density at radius 1 is 1.10 bits per heavy atom. The van der Waals surface area contributed by atoms with E-state index in [2.05, 4.69) is 9.64 Å². The van der Waals surface area contributed by atoms with Crippen LogP contribution in [0.25, 0.3) is 0 Å². The normalized spacial score (nSPS) is 18.6. The molecule has 0 spiro atoms. The molecule has 8 nitrogen and oxygen atoms in total. The fourth-order valence-electron chi connectivity index (χ4n) is 2.80. The summed E-state index contributed by atoms with van der Waals surface area (Å²) in [6.07, 6.45) is 2.53. The molecule has 0 aromatic rings. The van der Waals surface area contributed by atoms with Crippen LogP contribution in [0.3, 0.4) is 0 Å². The summed E-state index contributed by atoms with van der Waals surface area (Å²) in [6, 6.07) is -0.159. The molecule has 0 amide bonds. The monoisotopic (exact) mass is 464 g/mol. The lowest BCUT2D eigenvalue weighted by molar-refractivity contribution is -0.128. The molecule has 1 atom stereocenters. The Kier molecular flexibility index (Phi) is 18.6. The van der Waals surface area contributed by atoms with Crippen molar-refractivity contribution in [3.63, 3.8) is 0 Å². The number of sulfonamides is 1. The van der Waals surface area contributed by atoms with Crippen LogP contribution >= 0.6 is 0 Å². The first-order chi connectivity index (χ1) is 14.7. The van der Waals surface area contributed by atoms with Crippen molar-refractivity contribution < 1.29 is 27.4 Å². The van der Waals surface area contributed by atoms with Crippen molar-refractivity contribution in [1.82, 2.24) is 9.21 Å². The number of carbonyl (C=O) groups is 1. The number of hydrogen-bond donors (Lipinski definition) is 0. The summed E-state index contributed by atoms with van der Waals surface area (Å²) in [6.45, 7) is 16.9. The van der Waals surface area contributed by atoms with Crippen LogP contribution in [0, 0.1) is 0 Å². The fourth-order valence-corrected chi connectivity index (χ4v) is 4.46. The maximum atomic E-state index is 13.1. The van der Waals surface area contributed by atoms with Gasteiger partial charge < -0.3 is 19.1 Å². The number of hydrogen-bond acceptors (Lipinski definition) is 7. The number of carbonyl (C=O) groups excluding carboxylic acids is 1. The molecule has 0 radical (unpaired) electrons. The first-order valence-electron chi connectivity index (χ1n) is 10.9. The minimum absolute atomic E-state index is 0.159. The molecular weight excluding hydrogens is 420 g/mol. The largest absolute Gasteiger partial charge is 0.501 e. The quantitative estimate of drug-likeness (QED) is 0.278. The van der Waals surface area contributed by atoms with Gasteiger partial charge in [0.25, 0.3) is 6.47 Å². The summed E-state index contributed by atoms with van der Waals surface area (Å²) in [5.74, 6) is 0.770. The molecule has 0 aliphatic carbocycles. The van der Waals surface area contributed by atoms with Gasteiger partial charge in [0.15, 0.2) is 0 Å². The highest BCUT2D eigenvalue weighted by Crippen LogP contribution is 2.23. The Morgan fingerprint density at radius 3 is 2.13 bits per heavy atom. The van der Waals surface area contributed by atoms with Gasteiger partial charge in [0, 0.05) is 32.7 Å². The zero-order valence-corrected chi connectivity index (χ0v) is 21.8. The van der Waals surface area contributed by atoms with Crippen LogP contribution in [0.1, 0.15) is 54.9 Å². The number of allylic oxidation sites excluding steroid dienone is 4. The minimum Gasteiger partial charge on any atom is -0.501 e. The smallest absolute Gasteiger partial charge is 0.293 e. The van der Waals surface area contributed by atoms with Crippen LogP contribution in [0.2, 0.25) is 0 Å². The molecule has 184 valence electrons. The zero-order valence-electron chi connectivity index (χ0n) is 20.9. The SMILES string of the molecule is CC.CCOC=O.CCOCC1CN(C)CCN1S(=O)(=O)/C(C)=C(C)/C=C(\CC)OC. The van der Waals surface area contributed by atoms with Crippen molar-refractivity contribution in [3.05, 3.63) is 22.3 Å². The van der Waals surface area contributed by atoms with E-state index in [-0.39, 0.29) is 6.04 Å². The summed E-state index contributed by atoms with van der Waals surface area (Å²) in [5.41, 5.74) is 0.711. The van der Waals surface area contributed by atoms with Gasteiger partial charge in [-0.3, -0.25) is 4.79 Å². The third-order valence-corrected chi connectivity index (χ3v) is 6.81. The molecule has 1 rings (SSSR count). The van der Waals surface area contributed by atoms with Crippen molar-refractivity contribution in [1.29, 1.82) is 0 Å². The van der Waals surface area contributed by atoms with Gasteiger partial charge in [-0.2, -0.15) is 4.31 Å². The predicted octanol–water partition coefficient (Wildman–Crippen LogP) is 3.41. The third-order valence-electron chi connectivity index (χ3n) is 4.62. The van der Waals surface area contributed by atoms with Crippen molar-refractivity contribution in [2.45, 2.75) is 60.9 Å². The van der Waals surface area contributed by atoms with Crippen LogP contribution in [-0.4, -0.2) is 83.7 Å². The van der Waals surface area contributed by atoms with Crippen LogP contribution in [0.15, 0.2) is 22.3 Å². The van der Waals surface area contributed by atoms with Crippen LogP contribution in [0.5, 0.6) is 0 Å². The van der Waals surface area contributed by atoms with Crippen molar-refractivity contribution in [2.75, 3.05) is 53.6 Å². The van der Waals surface area contributed by atoms with Crippen molar-refractivity contribution in [3.8, 4) is 0 Å². The minimum atomic E-state index is -3.52. The average molecular weight is 465 g/mol. The van der Waals surface area contributed by atoms with E-state index in [1.54, 1.807) is 31.3 Å². The van der Waals surface area contributed by atoms with Crippen LogP contribution in [-0.2, 0) is 29.0 Å². The Labute approximate surface area is 190 Å². The number of rotatable bonds is 10. The standard InChI is InChI=1S/C17H32N2O4S.C3H6O2.C2H6/c1-7-17(22-6)11-14(3)15(4)24(20,21)19-10-9-18(5)12-16(19)13-23-8-2;1-2-5-3-4;1-2/h11,16H,7-10,12-13H2,1-6H3;3H,2H2,1H3;1-2H3/b15-14+,17-11+;;. The highest BCUT2D eigenvalue weighted by atomic mass is 32.2. The second kappa shape index (κ2) is 18.2. The van der Waals surface area contributed by atoms with Gasteiger partial charge in [0.05, 0.1) is 37.0 Å². The number of nitrogens with zero attached hydrogens (tertiary/aromatic N) is 2. The number of methoxy groups -OCH3 is 1. The predicted molar refractivity (Wildman–Crippen MR) is 126 cm³/mol. The highest BCUT2D eigenvalue weighted by molar-refractivity contribution is 7.93. The molecule has 0 aromatic carbocycles. The van der Waals surface area contributed by atoms with Crippen molar-refractivity contribution in [2.24, 2.45) is 0 Å². The van der Waals surface area contributed by atoms with Gasteiger partial charge in [-0.15, -0.1) is 0 Å². The molecule has 0 N–H and O–H groups in total. The first kappa shape index (κ1) is 31.8. The van der Waals surface area contributed by atoms with Gasteiger partial charge in [0.1, 0.15) is 0 Å². The van der Waals surface area contributed by atoms with Gasteiger partial charge in [0.2, 0.25) is 10.0 Å². The molecule has 0 saturated carbocycles. The van der Waals surface area contributed by atoms with E-state index in [9.17, 15) is 13.2 Å². The molecule has 0 bridgehead atoms. The first-order valence-corrected chi connectivity index (χ1v) is 12.4. The topological polar surface area (TPSA) is 85.4 Å². The number of piperazine rings is 1. The van der Waals surface area contributed by atoms with E-state index in [1.165, 1.54) is 0 Å². The zero-order chi connectivity index (χ0) is 24.4. The molecule has 31 heavy (non-hydrogen) atoms. The Balaban J connectivity index is 0. The van der Waals surface area contributed by atoms with Gasteiger partial charge in [-0.25, -0.2) is 8.42 Å². The van der Waals surface area contributed by atoms with Gasteiger partial charge >= 0.3 is 0 Å². The molecule has 1 aliphatic heterocycles. The second-order valence-corrected chi connectivity index (χ2v) is 8.68. The number of ether oxygens (including phenoxy) is 3. The summed E-state index contributed by atoms with van der Waals surface area (Å²) < 4.78 is 42.7. The maximum absolute atomic E-state index is 13.1. The Bertz CT molecular complexity index is 640. The lowest BCUT2D eigenvalue weighted by atomic mass is 10.2. The van der Waals surface area contributed by atoms with E-state index < -0.39 is 10.0 Å². The summed E-state index contributed by atoms with van der Waals surface area (Å²) in [5, 5.41) is 0. The molecule has 1 saturated heterocycles. The molecule has 0 aromatic heterocycles. The van der Waals surface area contributed by atoms with E-state index in [1.807, 2.05) is 41.7 Å². The Morgan fingerprint density at radius 2 is 1.71 bits per heavy atom. The molecule has 1 unspecified atom stereocenters. The second-order valence-electron chi connectivity index (χ2n) is 6.65. The highest BCUT2D eigenvalue weighted by Gasteiger charge is 2.35. The van der Waals surface area contributed by atoms with E-state index >= 15 is 0 Å². The Hall–Kier alpha value is -1.42. The van der Waals surface area contributed by atoms with E-state index in [0.29, 0.717) is 49.9 Å². The van der Waals surface area contributed by atoms with Gasteiger partial charge in [-0.05, 0) is 46.4 Å². The molecule has 1 fully saturated rings. The number of likely N-dealkylation sites (N-methyl/N-ethyl adjacent to an activating group) is 1. The summed E-state index contributed by atoms with van der Waals surface area (Å²) in [7, 11) is 0.0877. The molecule has 1 aliphatic rings. The van der Waals surface area contributed by atoms with Crippen LogP contribution in [0.4, 0.5) is 0 Å². The third kappa shape index (κ3) is 11.7. The van der Waals surface area contributed by atoms with Crippen LogP contribution < -0.4 is 0 Å². The lowest BCUT2D eigenvalue weighted by Crippen LogP contribution is -2.55. The lowest BCUT2D eigenvalue weighted by Gasteiger charge is -2.39. The van der Waals surface area contributed by atoms with E-state index in [4.69, 9.17) is 9.47 Å². The molecule has 1 heterocycles. The van der Waals surface area contributed by atoms with E-state index in [0.717, 1.165) is 18.7 Å². The summed E-state index contributed by atoms with van der Waals surface area (Å²) >= 11 is 0. The molecular formula is C22H44N2O6S. The van der Waals surface area contributed by atoms with Gasteiger partial charge in [-0.1, -0.05) is 20.8 Å².